The van der Waals surface area contributed by atoms with Crippen LogP contribution in [0.1, 0.15) is 12.8 Å². The van der Waals surface area contributed by atoms with Crippen LogP contribution in [0.2, 0.25) is 0 Å². The van der Waals surface area contributed by atoms with Gasteiger partial charge in [0.1, 0.15) is 5.69 Å². The second-order valence-corrected chi connectivity index (χ2v) is 7.21. The van der Waals surface area contributed by atoms with Crippen LogP contribution < -0.4 is 4.80 Å². The molecule has 2 aromatic carbocycles. The summed E-state index contributed by atoms with van der Waals surface area (Å²) in [6.45, 7) is 1.47. The lowest BCUT2D eigenvalue weighted by atomic mass is 10.1. The van der Waals surface area contributed by atoms with Crippen molar-refractivity contribution < 1.29 is 9.66 Å². The summed E-state index contributed by atoms with van der Waals surface area (Å²) in [6, 6.07) is 16.7. The fraction of sp³-hybridized carbons (Fsp3) is 0.250. The van der Waals surface area contributed by atoms with Gasteiger partial charge in [0, 0.05) is 18.1 Å². The van der Waals surface area contributed by atoms with Crippen molar-refractivity contribution in [2.75, 3.05) is 6.61 Å². The summed E-state index contributed by atoms with van der Waals surface area (Å²) in [7, 11) is 0. The maximum Gasteiger partial charge on any atom is 0.294 e. The molecule has 1 atom stereocenters. The lowest BCUT2D eigenvalue weighted by Gasteiger charge is -2.14. The molecule has 0 amide bonds. The van der Waals surface area contributed by atoms with Gasteiger partial charge in [-0.25, -0.2) is 4.99 Å². The molecular weight excluding hydrogens is 362 g/mol. The SMILES string of the molecule is O=[N+]([O-])c1ccccc1N=c1scc(-c2ccccc2)n1CC1CCCO1. The minimum Gasteiger partial charge on any atom is -0.376 e. The largest absolute Gasteiger partial charge is 0.376 e. The minimum atomic E-state index is -0.394. The lowest BCUT2D eigenvalue weighted by molar-refractivity contribution is -0.384. The quantitative estimate of drug-likeness (QED) is 0.481. The molecule has 1 aliphatic heterocycles. The van der Waals surface area contributed by atoms with E-state index >= 15 is 0 Å². The average Bonchev–Trinajstić information content (AvgIpc) is 3.34. The number of nitro benzene ring substituents is 1. The first-order valence-corrected chi connectivity index (χ1v) is 9.74. The van der Waals surface area contributed by atoms with E-state index in [1.54, 1.807) is 18.2 Å². The van der Waals surface area contributed by atoms with Crippen LogP contribution >= 0.6 is 11.3 Å². The third-order valence-corrected chi connectivity index (χ3v) is 5.44. The lowest BCUT2D eigenvalue weighted by Crippen LogP contribution is -2.24. The van der Waals surface area contributed by atoms with Gasteiger partial charge in [0.2, 0.25) is 0 Å². The van der Waals surface area contributed by atoms with Gasteiger partial charge in [-0.1, -0.05) is 42.5 Å². The first-order chi connectivity index (χ1) is 13.2. The summed E-state index contributed by atoms with van der Waals surface area (Å²) < 4.78 is 7.94. The van der Waals surface area contributed by atoms with Crippen molar-refractivity contribution in [3.63, 3.8) is 0 Å². The summed E-state index contributed by atoms with van der Waals surface area (Å²) in [6.07, 6.45) is 2.22. The van der Waals surface area contributed by atoms with E-state index in [4.69, 9.17) is 4.74 Å². The van der Waals surface area contributed by atoms with Gasteiger partial charge in [0.25, 0.3) is 5.69 Å². The number of aromatic nitrogens is 1. The van der Waals surface area contributed by atoms with Gasteiger partial charge < -0.3 is 9.30 Å². The number of thiazole rings is 1. The van der Waals surface area contributed by atoms with Crippen LogP contribution in [0.25, 0.3) is 11.3 Å². The molecule has 7 heteroatoms. The standard InChI is InChI=1S/C20H19N3O3S/c24-23(25)18-11-5-4-10-17(18)21-20-22(13-16-9-6-12-26-16)19(14-27-20)15-7-2-1-3-8-15/h1-5,7-8,10-11,14,16H,6,9,12-13H2. The molecular formula is C20H19N3O3S. The predicted molar refractivity (Wildman–Crippen MR) is 105 cm³/mol. The molecule has 1 saturated heterocycles. The fourth-order valence-electron chi connectivity index (χ4n) is 3.24. The summed E-state index contributed by atoms with van der Waals surface area (Å²) in [5.41, 5.74) is 2.52. The van der Waals surface area contributed by atoms with Crippen molar-refractivity contribution in [1.82, 2.24) is 4.57 Å². The Labute approximate surface area is 160 Å². The molecule has 3 aromatic rings. The number of ether oxygens (including phenoxy) is 1. The van der Waals surface area contributed by atoms with Gasteiger partial charge in [-0.15, -0.1) is 11.3 Å². The Bertz CT molecular complexity index is 1000. The van der Waals surface area contributed by atoms with Gasteiger partial charge in [-0.05, 0) is 24.5 Å². The fourth-order valence-corrected chi connectivity index (χ4v) is 4.17. The maximum absolute atomic E-state index is 11.3. The van der Waals surface area contributed by atoms with Gasteiger partial charge in [-0.3, -0.25) is 10.1 Å². The third-order valence-electron chi connectivity index (χ3n) is 4.57. The third kappa shape index (κ3) is 3.84. The first-order valence-electron chi connectivity index (χ1n) is 8.86. The molecule has 0 N–H and O–H groups in total. The van der Waals surface area contributed by atoms with Gasteiger partial charge in [-0.2, -0.15) is 0 Å². The maximum atomic E-state index is 11.3. The molecule has 4 rings (SSSR count). The Hall–Kier alpha value is -2.77. The van der Waals surface area contributed by atoms with Gasteiger partial charge >= 0.3 is 0 Å². The molecule has 2 heterocycles. The van der Waals surface area contributed by atoms with E-state index in [1.165, 1.54) is 17.4 Å². The Morgan fingerprint density at radius 1 is 1.19 bits per heavy atom. The van der Waals surface area contributed by atoms with E-state index in [2.05, 4.69) is 27.1 Å². The highest BCUT2D eigenvalue weighted by atomic mass is 32.1. The van der Waals surface area contributed by atoms with Crippen molar-refractivity contribution >= 4 is 22.7 Å². The van der Waals surface area contributed by atoms with Crippen LogP contribution in [-0.2, 0) is 11.3 Å². The van der Waals surface area contributed by atoms with Crippen molar-refractivity contribution in [3.8, 4) is 11.3 Å². The monoisotopic (exact) mass is 381 g/mol. The van der Waals surface area contributed by atoms with E-state index in [0.717, 1.165) is 35.5 Å². The van der Waals surface area contributed by atoms with Crippen LogP contribution in [0.4, 0.5) is 11.4 Å². The minimum absolute atomic E-state index is 0.0100. The van der Waals surface area contributed by atoms with Crippen LogP contribution in [-0.4, -0.2) is 22.2 Å². The van der Waals surface area contributed by atoms with Crippen molar-refractivity contribution in [2.45, 2.75) is 25.5 Å². The van der Waals surface area contributed by atoms with E-state index in [1.807, 2.05) is 18.2 Å². The highest BCUT2D eigenvalue weighted by Crippen LogP contribution is 2.27. The van der Waals surface area contributed by atoms with E-state index in [9.17, 15) is 10.1 Å². The molecule has 1 unspecified atom stereocenters. The van der Waals surface area contributed by atoms with Gasteiger partial charge in [0.15, 0.2) is 4.80 Å². The number of benzene rings is 2. The molecule has 27 heavy (non-hydrogen) atoms. The zero-order chi connectivity index (χ0) is 18.6. The van der Waals surface area contributed by atoms with Gasteiger partial charge in [0.05, 0.1) is 23.3 Å². The highest BCUT2D eigenvalue weighted by Gasteiger charge is 2.19. The van der Waals surface area contributed by atoms with E-state index in [0.29, 0.717) is 12.2 Å². The Balaban J connectivity index is 1.83. The Morgan fingerprint density at radius 3 is 2.70 bits per heavy atom. The normalized spacial score (nSPS) is 17.3. The van der Waals surface area contributed by atoms with Crippen molar-refractivity contribution in [2.24, 2.45) is 4.99 Å². The molecule has 138 valence electrons. The van der Waals surface area contributed by atoms with Crippen LogP contribution in [0.3, 0.4) is 0 Å². The molecule has 6 nitrogen and oxygen atoms in total. The van der Waals surface area contributed by atoms with Crippen molar-refractivity contribution in [3.05, 3.63) is 74.9 Å². The summed E-state index contributed by atoms with van der Waals surface area (Å²) in [5.74, 6) is 0. The predicted octanol–water partition coefficient (Wildman–Crippen LogP) is 4.54. The van der Waals surface area contributed by atoms with E-state index in [-0.39, 0.29) is 11.8 Å². The molecule has 1 fully saturated rings. The number of nitrogens with zero attached hydrogens (tertiary/aromatic N) is 3. The number of hydrogen-bond donors (Lipinski definition) is 0. The zero-order valence-electron chi connectivity index (χ0n) is 14.7. The average molecular weight is 381 g/mol. The topological polar surface area (TPSA) is 69.7 Å². The number of para-hydroxylation sites is 2. The smallest absolute Gasteiger partial charge is 0.294 e. The summed E-state index contributed by atoms with van der Waals surface area (Å²) >= 11 is 1.49. The summed E-state index contributed by atoms with van der Waals surface area (Å²) in [5, 5.41) is 13.4. The van der Waals surface area contributed by atoms with Crippen LogP contribution in [0.5, 0.6) is 0 Å². The Kier molecular flexibility index (Phi) is 5.13. The first kappa shape index (κ1) is 17.6. The molecule has 0 spiro atoms. The van der Waals surface area contributed by atoms with E-state index < -0.39 is 4.92 Å². The second-order valence-electron chi connectivity index (χ2n) is 6.37. The number of hydrogen-bond acceptors (Lipinski definition) is 5. The highest BCUT2D eigenvalue weighted by molar-refractivity contribution is 7.07. The Morgan fingerprint density at radius 2 is 1.96 bits per heavy atom. The molecule has 0 radical (unpaired) electrons. The molecule has 1 aliphatic rings. The van der Waals surface area contributed by atoms with Crippen molar-refractivity contribution in [1.29, 1.82) is 0 Å². The molecule has 0 bridgehead atoms. The van der Waals surface area contributed by atoms with Crippen LogP contribution in [0.15, 0.2) is 65.0 Å². The van der Waals surface area contributed by atoms with Crippen LogP contribution in [0, 0.1) is 10.1 Å². The second kappa shape index (κ2) is 7.85. The number of nitro groups is 1. The number of rotatable bonds is 5. The summed E-state index contributed by atoms with van der Waals surface area (Å²) in [4.78, 5) is 16.3. The molecule has 1 aromatic heterocycles. The molecule has 0 saturated carbocycles. The molecule has 0 aliphatic carbocycles. The zero-order valence-corrected chi connectivity index (χ0v) is 15.5.